The summed E-state index contributed by atoms with van der Waals surface area (Å²) in [5, 5.41) is 3.37. The fraction of sp³-hybridized carbons (Fsp3) is 0.545. The number of anilines is 1. The molecule has 4 heteroatoms. The van der Waals surface area contributed by atoms with Crippen LogP contribution in [0.25, 0.3) is 0 Å². The average molecular weight is 207 g/mol. The molecule has 3 atom stereocenters. The average Bonchev–Trinajstić information content (AvgIpc) is 2.27. The first-order valence-electron chi connectivity index (χ1n) is 5.35. The van der Waals surface area contributed by atoms with Crippen molar-refractivity contribution in [3.63, 3.8) is 0 Å². The van der Waals surface area contributed by atoms with Crippen molar-refractivity contribution in [2.45, 2.75) is 31.5 Å². The maximum Gasteiger partial charge on any atom is 0.0806 e. The van der Waals surface area contributed by atoms with Gasteiger partial charge >= 0.3 is 0 Å². The molecule has 0 amide bonds. The zero-order valence-electron chi connectivity index (χ0n) is 8.89. The van der Waals surface area contributed by atoms with Crippen LogP contribution in [0.15, 0.2) is 24.5 Å². The van der Waals surface area contributed by atoms with Crippen LogP contribution in [0, 0.1) is 0 Å². The molecule has 1 aromatic heterocycles. The lowest BCUT2D eigenvalue weighted by atomic mass is 9.83. The summed E-state index contributed by atoms with van der Waals surface area (Å²) in [7, 11) is 0. The molecule has 1 aliphatic carbocycles. The molecule has 15 heavy (non-hydrogen) atoms. The highest BCUT2D eigenvalue weighted by molar-refractivity contribution is 5.43. The van der Waals surface area contributed by atoms with Gasteiger partial charge in [-0.05, 0) is 25.5 Å². The Bertz CT molecular complexity index is 302. The van der Waals surface area contributed by atoms with Gasteiger partial charge in [0, 0.05) is 30.7 Å². The first-order chi connectivity index (χ1) is 7.31. The van der Waals surface area contributed by atoms with E-state index in [2.05, 4.69) is 10.3 Å². The van der Waals surface area contributed by atoms with Gasteiger partial charge in [-0.15, -0.1) is 0 Å². The summed E-state index contributed by atoms with van der Waals surface area (Å²) in [6, 6.07) is 4.30. The fourth-order valence-electron chi connectivity index (χ4n) is 1.87. The highest BCUT2D eigenvalue weighted by Crippen LogP contribution is 2.25. The maximum absolute atomic E-state index is 5.93. The summed E-state index contributed by atoms with van der Waals surface area (Å²) >= 11 is 0. The topological polar surface area (TPSA) is 60.2 Å². The van der Waals surface area contributed by atoms with E-state index in [-0.39, 0.29) is 18.2 Å². The number of ether oxygens (including phenoxy) is 1. The molecule has 1 aromatic rings. The molecule has 0 bridgehead atoms. The number of nitrogens with one attached hydrogen (secondary N) is 1. The largest absolute Gasteiger partial charge is 0.378 e. The normalized spacial score (nSPS) is 29.6. The van der Waals surface area contributed by atoms with Gasteiger partial charge in [0.25, 0.3) is 0 Å². The van der Waals surface area contributed by atoms with E-state index in [1.807, 2.05) is 19.1 Å². The van der Waals surface area contributed by atoms with E-state index in [1.165, 1.54) is 0 Å². The van der Waals surface area contributed by atoms with Crippen molar-refractivity contribution in [3.05, 3.63) is 24.5 Å². The van der Waals surface area contributed by atoms with Gasteiger partial charge in [0.1, 0.15) is 0 Å². The summed E-state index contributed by atoms with van der Waals surface area (Å²) in [5.41, 5.74) is 6.98. The molecule has 2 rings (SSSR count). The molecule has 0 aliphatic heterocycles. The van der Waals surface area contributed by atoms with E-state index in [1.54, 1.807) is 12.4 Å². The number of rotatable bonds is 4. The van der Waals surface area contributed by atoms with Crippen LogP contribution in [0.1, 0.15) is 13.3 Å². The molecule has 0 saturated heterocycles. The Hall–Kier alpha value is -1.13. The second-order valence-electron chi connectivity index (χ2n) is 3.80. The fourth-order valence-corrected chi connectivity index (χ4v) is 1.87. The Labute approximate surface area is 89.8 Å². The minimum atomic E-state index is 0.190. The second-order valence-corrected chi connectivity index (χ2v) is 3.80. The molecule has 0 spiro atoms. The van der Waals surface area contributed by atoms with Gasteiger partial charge in [0.05, 0.1) is 12.1 Å². The third-order valence-corrected chi connectivity index (χ3v) is 2.76. The number of nitrogens with two attached hydrogens (primary N) is 1. The standard InChI is InChI=1S/C11H17N3O/c1-2-15-10-7-9(12)11(10)14-8-3-5-13-6-4-8/h3-6,9-11H,2,7,12H2,1H3,(H,13,14). The first-order valence-corrected chi connectivity index (χ1v) is 5.35. The predicted octanol–water partition coefficient (Wildman–Crippen LogP) is 0.998. The number of aromatic nitrogens is 1. The Morgan fingerprint density at radius 2 is 2.27 bits per heavy atom. The summed E-state index contributed by atoms with van der Waals surface area (Å²) in [4.78, 5) is 3.97. The number of pyridine rings is 1. The molecule has 4 nitrogen and oxygen atoms in total. The summed E-state index contributed by atoms with van der Waals surface area (Å²) in [6.45, 7) is 2.75. The number of nitrogens with zero attached hydrogens (tertiary/aromatic N) is 1. The lowest BCUT2D eigenvalue weighted by Crippen LogP contribution is -2.60. The predicted molar refractivity (Wildman–Crippen MR) is 59.7 cm³/mol. The van der Waals surface area contributed by atoms with Crippen molar-refractivity contribution in [1.29, 1.82) is 0 Å². The molecule has 0 aromatic carbocycles. The second kappa shape index (κ2) is 4.59. The third-order valence-electron chi connectivity index (χ3n) is 2.76. The zero-order chi connectivity index (χ0) is 10.7. The number of hydrogen-bond donors (Lipinski definition) is 2. The van der Waals surface area contributed by atoms with Gasteiger partial charge in [0.2, 0.25) is 0 Å². The van der Waals surface area contributed by atoms with Crippen LogP contribution < -0.4 is 11.1 Å². The van der Waals surface area contributed by atoms with E-state index < -0.39 is 0 Å². The van der Waals surface area contributed by atoms with E-state index in [4.69, 9.17) is 10.5 Å². The molecule has 1 aliphatic rings. The first kappa shape index (κ1) is 10.4. The Balaban J connectivity index is 1.93. The van der Waals surface area contributed by atoms with Gasteiger partial charge < -0.3 is 15.8 Å². The van der Waals surface area contributed by atoms with Crippen molar-refractivity contribution in [2.24, 2.45) is 5.73 Å². The van der Waals surface area contributed by atoms with Crippen molar-refractivity contribution < 1.29 is 4.74 Å². The molecule has 1 fully saturated rings. The monoisotopic (exact) mass is 207 g/mol. The van der Waals surface area contributed by atoms with E-state index in [9.17, 15) is 0 Å². The SMILES string of the molecule is CCOC1CC(N)C1Nc1ccncc1. The lowest BCUT2D eigenvalue weighted by molar-refractivity contribution is -0.0126. The van der Waals surface area contributed by atoms with Crippen LogP contribution in [0.3, 0.4) is 0 Å². The van der Waals surface area contributed by atoms with Crippen LogP contribution in [0.2, 0.25) is 0 Å². The summed E-state index contributed by atoms with van der Waals surface area (Å²) < 4.78 is 5.57. The molecule has 3 N–H and O–H groups in total. The minimum absolute atomic E-state index is 0.190. The highest BCUT2D eigenvalue weighted by Gasteiger charge is 2.39. The smallest absolute Gasteiger partial charge is 0.0806 e. The van der Waals surface area contributed by atoms with Crippen LogP contribution in [0.5, 0.6) is 0 Å². The molecule has 0 radical (unpaired) electrons. The van der Waals surface area contributed by atoms with Gasteiger partial charge in [0.15, 0.2) is 0 Å². The Morgan fingerprint density at radius 1 is 1.53 bits per heavy atom. The quantitative estimate of drug-likeness (QED) is 0.773. The third kappa shape index (κ3) is 2.27. The minimum Gasteiger partial charge on any atom is -0.378 e. The Kier molecular flexibility index (Phi) is 3.18. The maximum atomic E-state index is 5.93. The molecule has 1 saturated carbocycles. The van der Waals surface area contributed by atoms with Crippen molar-refractivity contribution in [3.8, 4) is 0 Å². The summed E-state index contributed by atoms with van der Waals surface area (Å²) in [6.07, 6.45) is 4.72. The van der Waals surface area contributed by atoms with E-state index in [0.29, 0.717) is 0 Å². The van der Waals surface area contributed by atoms with Crippen molar-refractivity contribution in [2.75, 3.05) is 11.9 Å². The highest BCUT2D eigenvalue weighted by atomic mass is 16.5. The van der Waals surface area contributed by atoms with Crippen LogP contribution in [-0.2, 0) is 4.74 Å². The Morgan fingerprint density at radius 3 is 2.87 bits per heavy atom. The lowest BCUT2D eigenvalue weighted by Gasteiger charge is -2.43. The van der Waals surface area contributed by atoms with Crippen molar-refractivity contribution in [1.82, 2.24) is 4.98 Å². The number of hydrogen-bond acceptors (Lipinski definition) is 4. The molecule has 1 heterocycles. The molecule has 3 unspecified atom stereocenters. The van der Waals surface area contributed by atoms with Crippen LogP contribution in [0.4, 0.5) is 5.69 Å². The molecule has 82 valence electrons. The van der Waals surface area contributed by atoms with Crippen LogP contribution in [-0.4, -0.2) is 29.8 Å². The van der Waals surface area contributed by atoms with E-state index in [0.717, 1.165) is 18.7 Å². The molecular weight excluding hydrogens is 190 g/mol. The summed E-state index contributed by atoms with van der Waals surface area (Å²) in [5.74, 6) is 0. The van der Waals surface area contributed by atoms with Gasteiger partial charge in [-0.1, -0.05) is 0 Å². The van der Waals surface area contributed by atoms with Crippen molar-refractivity contribution >= 4 is 5.69 Å². The van der Waals surface area contributed by atoms with Gasteiger partial charge in [-0.2, -0.15) is 0 Å². The van der Waals surface area contributed by atoms with Crippen LogP contribution >= 0.6 is 0 Å². The van der Waals surface area contributed by atoms with Gasteiger partial charge in [-0.25, -0.2) is 0 Å². The van der Waals surface area contributed by atoms with E-state index >= 15 is 0 Å². The van der Waals surface area contributed by atoms with Gasteiger partial charge in [-0.3, -0.25) is 4.98 Å². The zero-order valence-corrected chi connectivity index (χ0v) is 8.89. The molecular formula is C11H17N3O.